The van der Waals surface area contributed by atoms with Crippen molar-refractivity contribution in [2.75, 3.05) is 0 Å². The third-order valence-electron chi connectivity index (χ3n) is 5.80. The van der Waals surface area contributed by atoms with Crippen molar-refractivity contribution in [3.63, 3.8) is 0 Å². The molecule has 3 aromatic carbocycles. The molecule has 1 heterocycles. The van der Waals surface area contributed by atoms with Crippen molar-refractivity contribution in [1.82, 2.24) is 14.9 Å². The quantitative estimate of drug-likeness (QED) is 0.473. The fourth-order valence-corrected chi connectivity index (χ4v) is 4.30. The zero-order valence-electron chi connectivity index (χ0n) is 16.5. The molecule has 0 saturated heterocycles. The number of carbonyl (C=O) groups is 1. The molecule has 5 rings (SSSR count). The van der Waals surface area contributed by atoms with E-state index in [-0.39, 0.29) is 17.7 Å². The van der Waals surface area contributed by atoms with Gasteiger partial charge in [-0.1, -0.05) is 66.2 Å². The van der Waals surface area contributed by atoms with Crippen LogP contribution in [0.2, 0.25) is 5.02 Å². The number of hydrogen-bond donors (Lipinski definition) is 1. The predicted molar refractivity (Wildman–Crippen MR) is 119 cm³/mol. The highest BCUT2D eigenvalue weighted by molar-refractivity contribution is 6.31. The van der Waals surface area contributed by atoms with Gasteiger partial charge in [0.2, 0.25) is 5.91 Å². The minimum Gasteiger partial charge on any atom is -0.352 e. The number of fused-ring (bicyclic) bond motifs is 1. The van der Waals surface area contributed by atoms with Crippen molar-refractivity contribution in [2.24, 2.45) is 5.92 Å². The van der Waals surface area contributed by atoms with Gasteiger partial charge in [0.25, 0.3) is 0 Å². The lowest BCUT2D eigenvalue weighted by Crippen LogP contribution is -2.24. The second-order valence-electron chi connectivity index (χ2n) is 7.87. The van der Waals surface area contributed by atoms with Crippen molar-refractivity contribution >= 4 is 28.5 Å². The number of imidazole rings is 1. The SMILES string of the molecule is O=C(NCc1ccc(Cn2cnc3ccccc32)cc1)C1CC1c1ccccc1Cl. The van der Waals surface area contributed by atoms with Crippen LogP contribution in [0.4, 0.5) is 0 Å². The molecule has 0 radical (unpaired) electrons. The molecule has 30 heavy (non-hydrogen) atoms. The number of carbonyl (C=O) groups excluding carboxylic acids is 1. The second kappa shape index (κ2) is 7.96. The normalized spacial score (nSPS) is 17.8. The lowest BCUT2D eigenvalue weighted by atomic mass is 10.1. The number of amides is 1. The van der Waals surface area contributed by atoms with Crippen LogP contribution < -0.4 is 5.32 Å². The lowest BCUT2D eigenvalue weighted by molar-refractivity contribution is -0.122. The van der Waals surface area contributed by atoms with Gasteiger partial charge in [-0.2, -0.15) is 0 Å². The lowest BCUT2D eigenvalue weighted by Gasteiger charge is -2.08. The highest BCUT2D eigenvalue weighted by Crippen LogP contribution is 2.49. The van der Waals surface area contributed by atoms with Crippen LogP contribution in [0.25, 0.3) is 11.0 Å². The molecular formula is C25H22ClN3O. The molecule has 4 nitrogen and oxygen atoms in total. The zero-order valence-corrected chi connectivity index (χ0v) is 17.2. The van der Waals surface area contributed by atoms with Gasteiger partial charge >= 0.3 is 0 Å². The van der Waals surface area contributed by atoms with E-state index >= 15 is 0 Å². The van der Waals surface area contributed by atoms with Crippen LogP contribution in [0.1, 0.15) is 29.0 Å². The van der Waals surface area contributed by atoms with Gasteiger partial charge in [-0.05, 0) is 47.2 Å². The van der Waals surface area contributed by atoms with E-state index in [9.17, 15) is 4.79 Å². The Labute approximate surface area is 180 Å². The van der Waals surface area contributed by atoms with Gasteiger partial charge in [-0.25, -0.2) is 4.98 Å². The number of nitrogens with zero attached hydrogens (tertiary/aromatic N) is 2. The van der Waals surface area contributed by atoms with E-state index in [2.05, 4.69) is 45.2 Å². The number of para-hydroxylation sites is 2. The Bertz CT molecular complexity index is 1200. The van der Waals surface area contributed by atoms with E-state index in [1.54, 1.807) is 0 Å². The summed E-state index contributed by atoms with van der Waals surface area (Å²) < 4.78 is 2.15. The van der Waals surface area contributed by atoms with Gasteiger partial charge in [-0.3, -0.25) is 4.79 Å². The summed E-state index contributed by atoms with van der Waals surface area (Å²) in [4.78, 5) is 17.0. The zero-order chi connectivity index (χ0) is 20.5. The van der Waals surface area contributed by atoms with Crippen molar-refractivity contribution < 1.29 is 4.79 Å². The van der Waals surface area contributed by atoms with E-state index in [4.69, 9.17) is 11.6 Å². The molecule has 1 aliphatic carbocycles. The molecule has 2 atom stereocenters. The maximum atomic E-state index is 12.5. The first-order valence-corrected chi connectivity index (χ1v) is 10.6. The molecule has 150 valence electrons. The highest BCUT2D eigenvalue weighted by Gasteiger charge is 2.44. The first-order chi connectivity index (χ1) is 14.7. The van der Waals surface area contributed by atoms with Gasteiger partial charge in [0.05, 0.1) is 17.4 Å². The van der Waals surface area contributed by atoms with E-state index in [0.29, 0.717) is 6.54 Å². The van der Waals surface area contributed by atoms with Crippen LogP contribution in [0, 0.1) is 5.92 Å². The molecular weight excluding hydrogens is 394 g/mol. The van der Waals surface area contributed by atoms with Crippen LogP contribution in [-0.2, 0) is 17.9 Å². The van der Waals surface area contributed by atoms with Gasteiger partial charge < -0.3 is 9.88 Å². The van der Waals surface area contributed by atoms with E-state index in [0.717, 1.165) is 40.1 Å². The number of hydrogen-bond acceptors (Lipinski definition) is 2. The Morgan fingerprint density at radius 2 is 1.73 bits per heavy atom. The topological polar surface area (TPSA) is 46.9 Å². The summed E-state index contributed by atoms with van der Waals surface area (Å²) in [5.41, 5.74) is 5.51. The van der Waals surface area contributed by atoms with E-state index in [1.165, 1.54) is 5.56 Å². The van der Waals surface area contributed by atoms with Crippen LogP contribution in [0.3, 0.4) is 0 Å². The molecule has 1 fully saturated rings. The second-order valence-corrected chi connectivity index (χ2v) is 8.27. The van der Waals surface area contributed by atoms with E-state index < -0.39 is 0 Å². The first kappa shape index (κ1) is 18.9. The van der Waals surface area contributed by atoms with Gasteiger partial charge in [0.1, 0.15) is 0 Å². The molecule has 1 N–H and O–H groups in total. The van der Waals surface area contributed by atoms with Crippen molar-refractivity contribution in [2.45, 2.75) is 25.4 Å². The van der Waals surface area contributed by atoms with Gasteiger partial charge in [0.15, 0.2) is 0 Å². The summed E-state index contributed by atoms with van der Waals surface area (Å²) in [6, 6.07) is 24.3. The third kappa shape index (κ3) is 3.83. The number of halogens is 1. The van der Waals surface area contributed by atoms with Crippen LogP contribution in [0.5, 0.6) is 0 Å². The Kier molecular flexibility index (Phi) is 5.01. The Morgan fingerprint density at radius 1 is 1.00 bits per heavy atom. The summed E-state index contributed by atoms with van der Waals surface area (Å²) in [6.07, 6.45) is 2.75. The van der Waals surface area contributed by atoms with Crippen LogP contribution in [-0.4, -0.2) is 15.5 Å². The minimum atomic E-state index is 0.0266. The van der Waals surface area contributed by atoms with Gasteiger partial charge in [0, 0.05) is 24.0 Å². The molecule has 0 aliphatic heterocycles. The number of nitrogens with one attached hydrogen (secondary N) is 1. The molecule has 2 unspecified atom stereocenters. The average molecular weight is 416 g/mol. The Hall–Kier alpha value is -3.11. The Morgan fingerprint density at radius 3 is 2.57 bits per heavy atom. The summed E-state index contributed by atoms with van der Waals surface area (Å²) in [5, 5.41) is 3.82. The van der Waals surface area contributed by atoms with Crippen molar-refractivity contribution in [3.05, 3.63) is 101 Å². The molecule has 0 spiro atoms. The predicted octanol–water partition coefficient (Wildman–Crippen LogP) is 5.16. The highest BCUT2D eigenvalue weighted by atomic mass is 35.5. The maximum absolute atomic E-state index is 12.5. The largest absolute Gasteiger partial charge is 0.352 e. The van der Waals surface area contributed by atoms with Crippen LogP contribution in [0.15, 0.2) is 79.1 Å². The fourth-order valence-electron chi connectivity index (χ4n) is 4.02. The number of benzene rings is 3. The molecule has 5 heteroatoms. The molecule has 1 aliphatic rings. The molecule has 1 amide bonds. The minimum absolute atomic E-state index is 0.0266. The number of aromatic nitrogens is 2. The molecule has 4 aromatic rings. The van der Waals surface area contributed by atoms with Crippen molar-refractivity contribution in [1.29, 1.82) is 0 Å². The Balaban J connectivity index is 1.17. The maximum Gasteiger partial charge on any atom is 0.224 e. The van der Waals surface area contributed by atoms with Crippen LogP contribution >= 0.6 is 11.6 Å². The number of rotatable bonds is 6. The summed E-state index contributed by atoms with van der Waals surface area (Å²) >= 11 is 6.26. The van der Waals surface area contributed by atoms with Gasteiger partial charge in [-0.15, -0.1) is 0 Å². The molecule has 0 bridgehead atoms. The first-order valence-electron chi connectivity index (χ1n) is 10.2. The summed E-state index contributed by atoms with van der Waals surface area (Å²) in [6.45, 7) is 1.31. The third-order valence-corrected chi connectivity index (χ3v) is 6.15. The summed E-state index contributed by atoms with van der Waals surface area (Å²) in [5.74, 6) is 0.374. The average Bonchev–Trinajstić information content (AvgIpc) is 3.47. The van der Waals surface area contributed by atoms with E-state index in [1.807, 2.05) is 48.8 Å². The molecule has 1 aromatic heterocycles. The van der Waals surface area contributed by atoms with Crippen molar-refractivity contribution in [3.8, 4) is 0 Å². The smallest absolute Gasteiger partial charge is 0.224 e. The standard InChI is InChI=1S/C25H22ClN3O/c26-22-6-2-1-5-19(22)20-13-21(20)25(30)27-14-17-9-11-18(12-10-17)15-29-16-28-23-7-3-4-8-24(23)29/h1-12,16,20-21H,13-15H2,(H,27,30). The molecule has 1 saturated carbocycles. The monoisotopic (exact) mass is 415 g/mol. The fraction of sp³-hybridized carbons (Fsp3) is 0.200. The summed E-state index contributed by atoms with van der Waals surface area (Å²) in [7, 11) is 0.